The predicted octanol–water partition coefficient (Wildman–Crippen LogP) is 3.08. The van der Waals surface area contributed by atoms with Gasteiger partial charge in [0, 0.05) is 0 Å². The summed E-state index contributed by atoms with van der Waals surface area (Å²) in [5.41, 5.74) is 6.08. The Kier molecular flexibility index (Phi) is 3.84. The Hall–Kier alpha value is -2.63. The summed E-state index contributed by atoms with van der Waals surface area (Å²) in [6, 6.07) is 7.77. The van der Waals surface area contributed by atoms with Crippen molar-refractivity contribution >= 4 is 23.0 Å². The number of anilines is 3. The fourth-order valence-corrected chi connectivity index (χ4v) is 1.66. The molecule has 104 valence electrons. The van der Waals surface area contributed by atoms with E-state index in [0.29, 0.717) is 0 Å². The number of para-hydroxylation sites is 1. The quantitative estimate of drug-likeness (QED) is 0.669. The molecule has 0 unspecified atom stereocenters. The Labute approximate surface area is 114 Å². The second kappa shape index (κ2) is 5.56. The molecule has 0 radical (unpaired) electrons. The Morgan fingerprint density at radius 1 is 1.20 bits per heavy atom. The normalized spacial score (nSPS) is 10.2. The van der Waals surface area contributed by atoms with Gasteiger partial charge in [-0.3, -0.25) is 0 Å². The van der Waals surface area contributed by atoms with Crippen LogP contribution in [0.3, 0.4) is 0 Å². The Bertz CT molecular complexity index is 639. The van der Waals surface area contributed by atoms with Gasteiger partial charge < -0.3 is 15.8 Å². The van der Waals surface area contributed by atoms with Crippen LogP contribution < -0.4 is 11.1 Å². The van der Waals surface area contributed by atoms with Gasteiger partial charge in [0.1, 0.15) is 17.3 Å². The van der Waals surface area contributed by atoms with Crippen LogP contribution in [0, 0.1) is 11.6 Å². The molecular weight excluding hydrogens is 266 g/mol. The number of nitrogen functional groups attached to an aromatic ring is 1. The first-order valence-electron chi connectivity index (χ1n) is 5.72. The van der Waals surface area contributed by atoms with E-state index in [4.69, 9.17) is 5.73 Å². The molecule has 0 amide bonds. The number of nitrogens with one attached hydrogen (secondary N) is 1. The molecule has 3 N–H and O–H groups in total. The van der Waals surface area contributed by atoms with Crippen molar-refractivity contribution < 1.29 is 18.3 Å². The van der Waals surface area contributed by atoms with Gasteiger partial charge in [0.25, 0.3) is 0 Å². The van der Waals surface area contributed by atoms with E-state index in [-0.39, 0.29) is 22.6 Å². The summed E-state index contributed by atoms with van der Waals surface area (Å²) < 4.78 is 31.7. The van der Waals surface area contributed by atoms with Gasteiger partial charge >= 0.3 is 5.97 Å². The summed E-state index contributed by atoms with van der Waals surface area (Å²) in [5, 5.41) is 2.55. The van der Waals surface area contributed by atoms with Crippen molar-refractivity contribution in [2.24, 2.45) is 0 Å². The minimum absolute atomic E-state index is 0.219. The molecule has 20 heavy (non-hydrogen) atoms. The monoisotopic (exact) mass is 278 g/mol. The summed E-state index contributed by atoms with van der Waals surface area (Å²) in [6.07, 6.45) is 0. The maximum atomic E-state index is 13.6. The number of methoxy groups -OCH3 is 1. The maximum absolute atomic E-state index is 13.6. The number of halogens is 2. The number of nitrogens with two attached hydrogens (primary N) is 1. The van der Waals surface area contributed by atoms with Crippen molar-refractivity contribution in [3.05, 3.63) is 53.6 Å². The van der Waals surface area contributed by atoms with Crippen LogP contribution in [0.4, 0.5) is 25.8 Å². The number of hydrogen-bond donors (Lipinski definition) is 2. The highest BCUT2D eigenvalue weighted by atomic mass is 19.1. The van der Waals surface area contributed by atoms with Crippen molar-refractivity contribution in [1.82, 2.24) is 0 Å². The molecule has 0 aliphatic rings. The molecule has 0 bridgehead atoms. The van der Waals surface area contributed by atoms with Gasteiger partial charge in [-0.2, -0.15) is 0 Å². The zero-order valence-electron chi connectivity index (χ0n) is 10.6. The number of hydrogen-bond acceptors (Lipinski definition) is 4. The van der Waals surface area contributed by atoms with E-state index in [0.717, 1.165) is 12.1 Å². The molecule has 0 aliphatic carbocycles. The van der Waals surface area contributed by atoms with E-state index >= 15 is 0 Å². The van der Waals surface area contributed by atoms with Crippen molar-refractivity contribution in [3.63, 3.8) is 0 Å². The first-order chi connectivity index (χ1) is 9.52. The molecule has 0 aliphatic heterocycles. The van der Waals surface area contributed by atoms with E-state index in [9.17, 15) is 13.6 Å². The lowest BCUT2D eigenvalue weighted by atomic mass is 10.1. The summed E-state index contributed by atoms with van der Waals surface area (Å²) >= 11 is 0. The molecule has 0 heterocycles. The molecular formula is C14H12F2N2O2. The van der Waals surface area contributed by atoms with E-state index in [1.165, 1.54) is 31.4 Å². The lowest BCUT2D eigenvalue weighted by Gasteiger charge is -2.12. The number of carbonyl (C=O) groups excluding carboxylic acids is 1. The highest BCUT2D eigenvalue weighted by molar-refractivity contribution is 5.92. The molecule has 0 spiro atoms. The molecule has 6 heteroatoms. The first kappa shape index (κ1) is 13.8. The van der Waals surface area contributed by atoms with E-state index in [2.05, 4.69) is 10.1 Å². The number of esters is 1. The third-order valence-corrected chi connectivity index (χ3v) is 2.70. The smallest absolute Gasteiger partial charge is 0.337 e. The lowest BCUT2D eigenvalue weighted by Crippen LogP contribution is -2.05. The Morgan fingerprint density at radius 2 is 1.85 bits per heavy atom. The third-order valence-electron chi connectivity index (χ3n) is 2.70. The fourth-order valence-electron chi connectivity index (χ4n) is 1.66. The molecule has 2 aromatic carbocycles. The van der Waals surface area contributed by atoms with Gasteiger partial charge in [0.05, 0.1) is 24.0 Å². The summed E-state index contributed by atoms with van der Waals surface area (Å²) in [7, 11) is 1.24. The number of rotatable bonds is 3. The van der Waals surface area contributed by atoms with E-state index < -0.39 is 17.6 Å². The van der Waals surface area contributed by atoms with Crippen LogP contribution in [0.25, 0.3) is 0 Å². The van der Waals surface area contributed by atoms with Crippen molar-refractivity contribution in [2.45, 2.75) is 0 Å². The van der Waals surface area contributed by atoms with Gasteiger partial charge in [0.15, 0.2) is 0 Å². The Morgan fingerprint density at radius 3 is 2.45 bits per heavy atom. The van der Waals surface area contributed by atoms with E-state index in [1.807, 2.05) is 0 Å². The summed E-state index contributed by atoms with van der Waals surface area (Å²) in [6.45, 7) is 0. The molecule has 0 aromatic heterocycles. The average molecular weight is 278 g/mol. The van der Waals surface area contributed by atoms with Crippen LogP contribution in [0.5, 0.6) is 0 Å². The highest BCUT2D eigenvalue weighted by Crippen LogP contribution is 2.28. The van der Waals surface area contributed by atoms with Crippen LogP contribution in [-0.4, -0.2) is 13.1 Å². The van der Waals surface area contributed by atoms with Gasteiger partial charge in [-0.05, 0) is 30.3 Å². The molecule has 0 atom stereocenters. The molecule has 4 nitrogen and oxygen atoms in total. The predicted molar refractivity (Wildman–Crippen MR) is 71.8 cm³/mol. The van der Waals surface area contributed by atoms with Gasteiger partial charge in [-0.15, -0.1) is 0 Å². The SMILES string of the molecule is COC(=O)c1ccc(N)c(Nc2c(F)cccc2F)c1. The van der Waals surface area contributed by atoms with Crippen LogP contribution >= 0.6 is 0 Å². The molecule has 0 saturated carbocycles. The van der Waals surface area contributed by atoms with Crippen LogP contribution in [-0.2, 0) is 4.74 Å². The molecule has 2 rings (SSSR count). The minimum Gasteiger partial charge on any atom is -0.465 e. The molecule has 0 fully saturated rings. The first-order valence-corrected chi connectivity index (χ1v) is 5.72. The highest BCUT2D eigenvalue weighted by Gasteiger charge is 2.12. The standard InChI is InChI=1S/C14H12F2N2O2/c1-20-14(19)8-5-6-11(17)12(7-8)18-13-9(15)3-2-4-10(13)16/h2-7,18H,17H2,1H3. The van der Waals surface area contributed by atoms with Crippen LogP contribution in [0.1, 0.15) is 10.4 Å². The van der Waals surface area contributed by atoms with Gasteiger partial charge in [-0.1, -0.05) is 6.07 Å². The van der Waals surface area contributed by atoms with Crippen molar-refractivity contribution in [1.29, 1.82) is 0 Å². The zero-order chi connectivity index (χ0) is 14.7. The molecule has 0 saturated heterocycles. The second-order valence-corrected chi connectivity index (χ2v) is 4.02. The molecule has 2 aromatic rings. The maximum Gasteiger partial charge on any atom is 0.337 e. The fraction of sp³-hybridized carbons (Fsp3) is 0.0714. The average Bonchev–Trinajstić information content (AvgIpc) is 2.44. The summed E-state index contributed by atoms with van der Waals surface area (Å²) in [5.74, 6) is -2.08. The topological polar surface area (TPSA) is 64.3 Å². The minimum atomic E-state index is -0.757. The summed E-state index contributed by atoms with van der Waals surface area (Å²) in [4.78, 5) is 11.4. The third kappa shape index (κ3) is 2.69. The lowest BCUT2D eigenvalue weighted by molar-refractivity contribution is 0.0601. The Balaban J connectivity index is 2.40. The second-order valence-electron chi connectivity index (χ2n) is 4.02. The number of ether oxygens (including phenoxy) is 1. The van der Waals surface area contributed by atoms with Crippen LogP contribution in [0.15, 0.2) is 36.4 Å². The number of benzene rings is 2. The van der Waals surface area contributed by atoms with E-state index in [1.54, 1.807) is 0 Å². The van der Waals surface area contributed by atoms with Crippen LogP contribution in [0.2, 0.25) is 0 Å². The zero-order valence-corrected chi connectivity index (χ0v) is 10.6. The van der Waals surface area contributed by atoms with Crippen molar-refractivity contribution in [3.8, 4) is 0 Å². The van der Waals surface area contributed by atoms with Crippen molar-refractivity contribution in [2.75, 3.05) is 18.2 Å². The number of carbonyl (C=O) groups is 1. The van der Waals surface area contributed by atoms with Gasteiger partial charge in [-0.25, -0.2) is 13.6 Å². The largest absolute Gasteiger partial charge is 0.465 e. The van der Waals surface area contributed by atoms with Gasteiger partial charge in [0.2, 0.25) is 0 Å².